The van der Waals surface area contributed by atoms with E-state index < -0.39 is 12.1 Å². The van der Waals surface area contributed by atoms with E-state index in [1.807, 2.05) is 63.4 Å². The SMILES string of the molecule is Cc1cc(C)c(C(=O)C(C)OC(=O)Cc2c[nH]c3ccccc23)cc1C. The lowest BCUT2D eigenvalue weighted by molar-refractivity contribution is -0.145. The average molecular weight is 349 g/mol. The minimum Gasteiger partial charge on any atom is -0.454 e. The molecule has 26 heavy (non-hydrogen) atoms. The molecule has 4 heteroatoms. The van der Waals surface area contributed by atoms with Gasteiger partial charge in [0, 0.05) is 22.7 Å². The third-order valence-electron chi connectivity index (χ3n) is 4.79. The molecule has 3 rings (SSSR count). The van der Waals surface area contributed by atoms with Crippen molar-refractivity contribution in [3.8, 4) is 0 Å². The van der Waals surface area contributed by atoms with Gasteiger partial charge in [0.25, 0.3) is 0 Å². The van der Waals surface area contributed by atoms with Gasteiger partial charge in [0.05, 0.1) is 6.42 Å². The highest BCUT2D eigenvalue weighted by Crippen LogP contribution is 2.20. The Morgan fingerprint density at radius 1 is 1.04 bits per heavy atom. The van der Waals surface area contributed by atoms with Crippen LogP contribution >= 0.6 is 0 Å². The molecule has 0 aliphatic rings. The first-order valence-corrected chi connectivity index (χ1v) is 8.73. The quantitative estimate of drug-likeness (QED) is 0.547. The lowest BCUT2D eigenvalue weighted by atomic mass is 9.96. The number of hydrogen-bond acceptors (Lipinski definition) is 3. The van der Waals surface area contributed by atoms with Crippen LogP contribution in [0.5, 0.6) is 0 Å². The van der Waals surface area contributed by atoms with E-state index >= 15 is 0 Å². The number of benzene rings is 2. The van der Waals surface area contributed by atoms with Crippen molar-refractivity contribution < 1.29 is 14.3 Å². The number of aryl methyl sites for hydroxylation is 3. The molecule has 1 atom stereocenters. The van der Waals surface area contributed by atoms with Gasteiger partial charge in [-0.05, 0) is 62.1 Å². The first kappa shape index (κ1) is 17.9. The van der Waals surface area contributed by atoms with Crippen LogP contribution in [0.4, 0.5) is 0 Å². The Morgan fingerprint density at radius 2 is 1.73 bits per heavy atom. The Bertz CT molecular complexity index is 984. The standard InChI is InChI=1S/C22H23NO3/c1-13-9-15(3)19(10-14(13)2)22(25)16(4)26-21(24)11-17-12-23-20-8-6-5-7-18(17)20/h5-10,12,16,23H,11H2,1-4H3. The Kier molecular flexibility index (Phi) is 4.94. The number of nitrogens with one attached hydrogen (secondary N) is 1. The van der Waals surface area contributed by atoms with Crippen LogP contribution in [0.15, 0.2) is 42.6 Å². The van der Waals surface area contributed by atoms with Crippen LogP contribution in [-0.2, 0) is 16.0 Å². The molecule has 0 radical (unpaired) electrons. The fourth-order valence-electron chi connectivity index (χ4n) is 3.17. The van der Waals surface area contributed by atoms with Crippen molar-refractivity contribution >= 4 is 22.7 Å². The topological polar surface area (TPSA) is 59.2 Å². The third kappa shape index (κ3) is 3.54. The molecule has 0 bridgehead atoms. The van der Waals surface area contributed by atoms with Crippen molar-refractivity contribution in [1.82, 2.24) is 4.98 Å². The summed E-state index contributed by atoms with van der Waals surface area (Å²) in [5.74, 6) is -0.574. The molecule has 0 spiro atoms. The molecule has 0 fully saturated rings. The zero-order valence-electron chi connectivity index (χ0n) is 15.6. The van der Waals surface area contributed by atoms with Gasteiger partial charge in [0.1, 0.15) is 0 Å². The Hall–Kier alpha value is -2.88. The number of ketones is 1. The van der Waals surface area contributed by atoms with Crippen molar-refractivity contribution in [2.75, 3.05) is 0 Å². The van der Waals surface area contributed by atoms with Gasteiger partial charge < -0.3 is 9.72 Å². The van der Waals surface area contributed by atoms with Gasteiger partial charge in [-0.2, -0.15) is 0 Å². The number of Topliss-reactive ketones (excluding diaryl/α,β-unsaturated/α-hetero) is 1. The van der Waals surface area contributed by atoms with Gasteiger partial charge in [-0.1, -0.05) is 24.3 Å². The number of carbonyl (C=O) groups is 2. The molecule has 1 N–H and O–H groups in total. The molecule has 134 valence electrons. The lowest BCUT2D eigenvalue weighted by Gasteiger charge is -2.15. The number of esters is 1. The van der Waals surface area contributed by atoms with Crippen molar-refractivity contribution in [3.63, 3.8) is 0 Å². The van der Waals surface area contributed by atoms with E-state index in [0.717, 1.165) is 33.2 Å². The normalized spacial score (nSPS) is 12.2. The minimum absolute atomic E-state index is 0.132. The fraction of sp³-hybridized carbons (Fsp3) is 0.273. The number of para-hydroxylation sites is 1. The third-order valence-corrected chi connectivity index (χ3v) is 4.79. The predicted octanol–water partition coefficient (Wildman–Crippen LogP) is 4.45. The van der Waals surface area contributed by atoms with Gasteiger partial charge in [0.2, 0.25) is 5.78 Å². The van der Waals surface area contributed by atoms with Gasteiger partial charge in [-0.25, -0.2) is 0 Å². The first-order valence-electron chi connectivity index (χ1n) is 8.73. The molecule has 4 nitrogen and oxygen atoms in total. The van der Waals surface area contributed by atoms with E-state index in [-0.39, 0.29) is 12.2 Å². The first-order chi connectivity index (χ1) is 12.4. The summed E-state index contributed by atoms with van der Waals surface area (Å²) in [6.07, 6.45) is 1.13. The Labute approximate surface area is 153 Å². The predicted molar refractivity (Wildman–Crippen MR) is 103 cm³/mol. The molecule has 0 saturated carbocycles. The fourth-order valence-corrected chi connectivity index (χ4v) is 3.17. The maximum absolute atomic E-state index is 12.7. The van der Waals surface area contributed by atoms with Crippen molar-refractivity contribution in [3.05, 3.63) is 70.4 Å². The summed E-state index contributed by atoms with van der Waals surface area (Å²) in [5, 5.41) is 0.994. The molecule has 0 saturated heterocycles. The Balaban J connectivity index is 1.71. The molecule has 1 unspecified atom stereocenters. The summed E-state index contributed by atoms with van der Waals surface area (Å²) in [7, 11) is 0. The molecule has 3 aromatic rings. The highest BCUT2D eigenvalue weighted by Gasteiger charge is 2.22. The van der Waals surface area contributed by atoms with Crippen molar-refractivity contribution in [2.45, 2.75) is 40.2 Å². The molecule has 0 aliphatic heterocycles. The zero-order chi connectivity index (χ0) is 18.8. The summed E-state index contributed by atoms with van der Waals surface area (Å²) in [5.41, 5.74) is 5.55. The van der Waals surface area contributed by atoms with Crippen molar-refractivity contribution in [1.29, 1.82) is 0 Å². The van der Waals surface area contributed by atoms with Crippen LogP contribution in [-0.4, -0.2) is 22.8 Å². The monoisotopic (exact) mass is 349 g/mol. The second kappa shape index (κ2) is 7.16. The van der Waals surface area contributed by atoms with Crippen molar-refractivity contribution in [2.24, 2.45) is 0 Å². The van der Waals surface area contributed by atoms with E-state index in [4.69, 9.17) is 4.74 Å². The maximum atomic E-state index is 12.7. The van der Waals surface area contributed by atoms with E-state index in [0.29, 0.717) is 5.56 Å². The van der Waals surface area contributed by atoms with Gasteiger partial charge >= 0.3 is 5.97 Å². The van der Waals surface area contributed by atoms with E-state index in [1.54, 1.807) is 6.92 Å². The smallest absolute Gasteiger partial charge is 0.311 e. The largest absolute Gasteiger partial charge is 0.454 e. The number of aromatic nitrogens is 1. The average Bonchev–Trinajstić information content (AvgIpc) is 3.00. The second-order valence-corrected chi connectivity index (χ2v) is 6.78. The van der Waals surface area contributed by atoms with E-state index in [9.17, 15) is 9.59 Å². The van der Waals surface area contributed by atoms with E-state index in [1.165, 1.54) is 0 Å². The van der Waals surface area contributed by atoms with Gasteiger partial charge in [0.15, 0.2) is 6.10 Å². The number of fused-ring (bicyclic) bond motifs is 1. The maximum Gasteiger partial charge on any atom is 0.311 e. The molecular weight excluding hydrogens is 326 g/mol. The molecule has 0 aliphatic carbocycles. The van der Waals surface area contributed by atoms with Gasteiger partial charge in [-0.3, -0.25) is 9.59 Å². The van der Waals surface area contributed by atoms with Crippen LogP contribution in [0.2, 0.25) is 0 Å². The number of hydrogen-bond donors (Lipinski definition) is 1. The number of H-pyrrole nitrogens is 1. The number of aromatic amines is 1. The van der Waals surface area contributed by atoms with E-state index in [2.05, 4.69) is 4.98 Å². The summed E-state index contributed by atoms with van der Waals surface area (Å²) < 4.78 is 5.41. The molecule has 1 heterocycles. The second-order valence-electron chi connectivity index (χ2n) is 6.78. The number of ether oxygens (including phenoxy) is 1. The summed E-state index contributed by atoms with van der Waals surface area (Å²) in [6.45, 7) is 7.52. The lowest BCUT2D eigenvalue weighted by Crippen LogP contribution is -2.26. The number of carbonyl (C=O) groups excluding carboxylic acids is 2. The van der Waals surface area contributed by atoms with Crippen LogP contribution in [0.1, 0.15) is 39.5 Å². The van der Waals surface area contributed by atoms with Crippen LogP contribution in [0.25, 0.3) is 10.9 Å². The zero-order valence-corrected chi connectivity index (χ0v) is 15.6. The molecule has 2 aromatic carbocycles. The van der Waals surface area contributed by atoms with Crippen LogP contribution < -0.4 is 0 Å². The highest BCUT2D eigenvalue weighted by atomic mass is 16.5. The highest BCUT2D eigenvalue weighted by molar-refractivity contribution is 6.01. The summed E-state index contributed by atoms with van der Waals surface area (Å²) in [4.78, 5) is 28.2. The summed E-state index contributed by atoms with van der Waals surface area (Å²) >= 11 is 0. The molecular formula is C22H23NO3. The van der Waals surface area contributed by atoms with Crippen LogP contribution in [0, 0.1) is 20.8 Å². The Morgan fingerprint density at radius 3 is 2.50 bits per heavy atom. The van der Waals surface area contributed by atoms with Gasteiger partial charge in [-0.15, -0.1) is 0 Å². The molecule has 0 amide bonds. The van der Waals surface area contributed by atoms with Crippen LogP contribution in [0.3, 0.4) is 0 Å². The molecule has 1 aromatic heterocycles. The minimum atomic E-state index is -0.812. The number of rotatable bonds is 5. The summed E-state index contributed by atoms with van der Waals surface area (Å²) in [6, 6.07) is 11.6.